The average Bonchev–Trinajstić information content (AvgIpc) is 3.11. The van der Waals surface area contributed by atoms with Crippen LogP contribution in [0.5, 0.6) is 0 Å². The van der Waals surface area contributed by atoms with Gasteiger partial charge in [-0.25, -0.2) is 13.8 Å². The Labute approximate surface area is 159 Å². The van der Waals surface area contributed by atoms with E-state index in [1.807, 2.05) is 4.90 Å². The molecule has 9 heteroatoms. The zero-order chi connectivity index (χ0) is 19.4. The third-order valence-electron chi connectivity index (χ3n) is 4.44. The number of carbonyl (C=O) groups is 2. The molecule has 27 heavy (non-hydrogen) atoms. The molecule has 1 aliphatic heterocycles. The SMILES string of the molecule is COC(=O)C1CCN(CC(=O)Nc2nc(-c3cc(F)ccc3F)cs2)CC1. The van der Waals surface area contributed by atoms with Crippen LogP contribution >= 0.6 is 11.3 Å². The Bertz CT molecular complexity index is 835. The third-order valence-corrected chi connectivity index (χ3v) is 5.20. The summed E-state index contributed by atoms with van der Waals surface area (Å²) in [5, 5.41) is 4.56. The van der Waals surface area contributed by atoms with Gasteiger partial charge in [-0.2, -0.15) is 0 Å². The van der Waals surface area contributed by atoms with Crippen molar-refractivity contribution in [1.82, 2.24) is 9.88 Å². The van der Waals surface area contributed by atoms with Crippen molar-refractivity contribution >= 4 is 28.3 Å². The number of amides is 1. The van der Waals surface area contributed by atoms with E-state index in [1.165, 1.54) is 7.11 Å². The van der Waals surface area contributed by atoms with E-state index >= 15 is 0 Å². The topological polar surface area (TPSA) is 71.5 Å². The van der Waals surface area contributed by atoms with E-state index in [2.05, 4.69) is 10.3 Å². The van der Waals surface area contributed by atoms with Crippen molar-refractivity contribution in [2.45, 2.75) is 12.8 Å². The predicted octanol–water partition coefficient (Wildman–Crippen LogP) is 2.91. The van der Waals surface area contributed by atoms with Crippen LogP contribution in [-0.4, -0.2) is 48.5 Å². The third kappa shape index (κ3) is 4.86. The van der Waals surface area contributed by atoms with Crippen molar-refractivity contribution in [1.29, 1.82) is 0 Å². The molecule has 0 radical (unpaired) electrons. The van der Waals surface area contributed by atoms with E-state index in [0.717, 1.165) is 29.5 Å². The van der Waals surface area contributed by atoms with E-state index in [9.17, 15) is 18.4 Å². The number of anilines is 1. The van der Waals surface area contributed by atoms with Gasteiger partial charge in [0.1, 0.15) is 11.6 Å². The molecule has 3 rings (SSSR count). The maximum Gasteiger partial charge on any atom is 0.308 e. The molecule has 2 aromatic rings. The van der Waals surface area contributed by atoms with Crippen molar-refractivity contribution in [2.75, 3.05) is 32.1 Å². The number of methoxy groups -OCH3 is 1. The second-order valence-corrected chi connectivity index (χ2v) is 7.14. The zero-order valence-corrected chi connectivity index (χ0v) is 15.5. The van der Waals surface area contributed by atoms with Crippen LogP contribution in [0.1, 0.15) is 12.8 Å². The molecule has 1 N–H and O–H groups in total. The number of hydrogen-bond acceptors (Lipinski definition) is 6. The zero-order valence-electron chi connectivity index (χ0n) is 14.7. The summed E-state index contributed by atoms with van der Waals surface area (Å²) in [7, 11) is 1.38. The van der Waals surface area contributed by atoms with Gasteiger partial charge in [0.25, 0.3) is 0 Å². The Balaban J connectivity index is 1.54. The Hall–Kier alpha value is -2.39. The predicted molar refractivity (Wildman–Crippen MR) is 97.3 cm³/mol. The maximum absolute atomic E-state index is 13.8. The number of rotatable bonds is 5. The summed E-state index contributed by atoms with van der Waals surface area (Å²) in [6.45, 7) is 1.44. The van der Waals surface area contributed by atoms with Gasteiger partial charge >= 0.3 is 5.97 Å². The maximum atomic E-state index is 13.8. The van der Waals surface area contributed by atoms with Crippen molar-refractivity contribution in [3.63, 3.8) is 0 Å². The molecular formula is C18H19F2N3O3S. The molecule has 144 valence electrons. The molecule has 1 aliphatic rings. The summed E-state index contributed by atoms with van der Waals surface area (Å²) in [5.74, 6) is -1.70. The van der Waals surface area contributed by atoms with E-state index in [0.29, 0.717) is 31.1 Å². The molecule has 1 aromatic heterocycles. The van der Waals surface area contributed by atoms with Crippen molar-refractivity contribution in [2.24, 2.45) is 5.92 Å². The summed E-state index contributed by atoms with van der Waals surface area (Å²) in [5.41, 5.74) is 0.322. The largest absolute Gasteiger partial charge is 0.469 e. The fourth-order valence-corrected chi connectivity index (χ4v) is 3.73. The number of aromatic nitrogens is 1. The summed E-state index contributed by atoms with van der Waals surface area (Å²) in [6, 6.07) is 3.15. The summed E-state index contributed by atoms with van der Waals surface area (Å²) < 4.78 is 31.9. The summed E-state index contributed by atoms with van der Waals surface area (Å²) in [4.78, 5) is 29.8. The van der Waals surface area contributed by atoms with Gasteiger partial charge in [0.05, 0.1) is 25.3 Å². The van der Waals surface area contributed by atoms with Gasteiger partial charge in [-0.3, -0.25) is 14.5 Å². The van der Waals surface area contributed by atoms with Crippen LogP contribution in [0.2, 0.25) is 0 Å². The molecule has 1 amide bonds. The van der Waals surface area contributed by atoms with Gasteiger partial charge in [-0.05, 0) is 44.1 Å². The van der Waals surface area contributed by atoms with Gasteiger partial charge in [-0.1, -0.05) is 0 Å². The number of thiazole rings is 1. The molecule has 0 saturated carbocycles. The first-order chi connectivity index (χ1) is 13.0. The molecule has 1 aromatic carbocycles. The summed E-state index contributed by atoms with van der Waals surface area (Å²) in [6.07, 6.45) is 1.31. The van der Waals surface area contributed by atoms with Crippen molar-refractivity contribution < 1.29 is 23.1 Å². The Morgan fingerprint density at radius 2 is 2.07 bits per heavy atom. The highest BCUT2D eigenvalue weighted by molar-refractivity contribution is 7.14. The first-order valence-electron chi connectivity index (χ1n) is 8.47. The highest BCUT2D eigenvalue weighted by atomic mass is 32.1. The number of halogens is 2. The number of hydrogen-bond donors (Lipinski definition) is 1. The molecule has 0 spiro atoms. The quantitative estimate of drug-likeness (QED) is 0.789. The average molecular weight is 395 g/mol. The minimum absolute atomic E-state index is 0.0524. The minimum atomic E-state index is -0.576. The van der Waals surface area contributed by atoms with Gasteiger partial charge in [0.2, 0.25) is 5.91 Å². The normalized spacial score (nSPS) is 15.5. The van der Waals surface area contributed by atoms with Crippen LogP contribution in [0, 0.1) is 17.6 Å². The lowest BCUT2D eigenvalue weighted by atomic mass is 9.97. The number of esters is 1. The molecule has 2 heterocycles. The van der Waals surface area contributed by atoms with Crippen molar-refractivity contribution in [3.05, 3.63) is 35.2 Å². The fourth-order valence-electron chi connectivity index (χ4n) is 3.00. The number of nitrogens with zero attached hydrogens (tertiary/aromatic N) is 2. The van der Waals surface area contributed by atoms with Crippen LogP contribution in [-0.2, 0) is 14.3 Å². The lowest BCUT2D eigenvalue weighted by Crippen LogP contribution is -2.41. The number of piperidine rings is 1. The molecule has 6 nitrogen and oxygen atoms in total. The molecule has 1 saturated heterocycles. The number of carbonyl (C=O) groups excluding carboxylic acids is 2. The Morgan fingerprint density at radius 1 is 1.33 bits per heavy atom. The number of ether oxygens (including phenoxy) is 1. The van der Waals surface area contributed by atoms with Crippen LogP contribution in [0.3, 0.4) is 0 Å². The standard InChI is InChI=1S/C18H19F2N3O3S/c1-26-17(25)11-4-6-23(7-5-11)9-16(24)22-18-21-15(10-27-18)13-8-12(19)2-3-14(13)20/h2-3,8,10-11H,4-7,9H2,1H3,(H,21,22,24). The van der Waals surface area contributed by atoms with E-state index in [4.69, 9.17) is 4.74 Å². The molecule has 0 bridgehead atoms. The van der Waals surface area contributed by atoms with Gasteiger partial charge in [0, 0.05) is 10.9 Å². The minimum Gasteiger partial charge on any atom is -0.469 e. The second-order valence-electron chi connectivity index (χ2n) is 6.28. The summed E-state index contributed by atoms with van der Waals surface area (Å²) >= 11 is 1.14. The van der Waals surface area contributed by atoms with E-state index < -0.39 is 11.6 Å². The molecule has 0 atom stereocenters. The van der Waals surface area contributed by atoms with Crippen LogP contribution < -0.4 is 5.32 Å². The van der Waals surface area contributed by atoms with E-state index in [1.54, 1.807) is 5.38 Å². The van der Waals surface area contributed by atoms with Crippen molar-refractivity contribution in [3.8, 4) is 11.3 Å². The van der Waals surface area contributed by atoms with Crippen LogP contribution in [0.15, 0.2) is 23.6 Å². The van der Waals surface area contributed by atoms with Gasteiger partial charge < -0.3 is 10.1 Å². The number of nitrogens with one attached hydrogen (secondary N) is 1. The second kappa shape index (κ2) is 8.53. The highest BCUT2D eigenvalue weighted by Crippen LogP contribution is 2.27. The first-order valence-corrected chi connectivity index (χ1v) is 9.35. The molecule has 0 unspecified atom stereocenters. The van der Waals surface area contributed by atoms with Crippen LogP contribution in [0.4, 0.5) is 13.9 Å². The van der Waals surface area contributed by atoms with E-state index in [-0.39, 0.29) is 35.6 Å². The number of benzene rings is 1. The first kappa shape index (κ1) is 19.4. The number of likely N-dealkylation sites (tertiary alicyclic amines) is 1. The molecular weight excluding hydrogens is 376 g/mol. The van der Waals surface area contributed by atoms with Gasteiger partial charge in [0.15, 0.2) is 5.13 Å². The highest BCUT2D eigenvalue weighted by Gasteiger charge is 2.26. The monoisotopic (exact) mass is 395 g/mol. The molecule has 0 aliphatic carbocycles. The lowest BCUT2D eigenvalue weighted by molar-refractivity contribution is -0.147. The van der Waals surface area contributed by atoms with Crippen LogP contribution in [0.25, 0.3) is 11.3 Å². The lowest BCUT2D eigenvalue weighted by Gasteiger charge is -2.29. The molecule has 1 fully saturated rings. The Morgan fingerprint density at radius 3 is 2.78 bits per heavy atom. The Kier molecular flexibility index (Phi) is 6.12. The smallest absolute Gasteiger partial charge is 0.308 e. The fraction of sp³-hybridized carbons (Fsp3) is 0.389. The van der Waals surface area contributed by atoms with Gasteiger partial charge in [-0.15, -0.1) is 11.3 Å².